The van der Waals surface area contributed by atoms with E-state index < -0.39 is 0 Å². The first-order valence-corrected chi connectivity index (χ1v) is 7.54. The smallest absolute Gasteiger partial charge is 0.343 e. The van der Waals surface area contributed by atoms with Crippen LogP contribution in [0.1, 0.15) is 11.1 Å². The average molecular weight is 357 g/mol. The molecule has 1 aromatic heterocycles. The molecular weight excluding hydrogens is 342 g/mol. The molecule has 110 valence electrons. The standard InChI is InChI=1S/C16H14BrN5/c17-14-4-1-11(2-5-14)10-22-8-7-12-9-13(3-6-15(12)22)16(18)20-21-19/h1-9H,10H2,(H3,18,19,20)/p+1. The Labute approximate surface area is 136 Å². The summed E-state index contributed by atoms with van der Waals surface area (Å²) in [7, 11) is 0. The highest BCUT2D eigenvalue weighted by molar-refractivity contribution is 9.10. The van der Waals surface area contributed by atoms with Gasteiger partial charge in [0.1, 0.15) is 0 Å². The lowest BCUT2D eigenvalue weighted by atomic mass is 10.1. The van der Waals surface area contributed by atoms with Gasteiger partial charge in [0.2, 0.25) is 0 Å². The van der Waals surface area contributed by atoms with E-state index >= 15 is 0 Å². The van der Waals surface area contributed by atoms with Crippen molar-refractivity contribution in [2.45, 2.75) is 6.54 Å². The number of aromatic nitrogens is 1. The summed E-state index contributed by atoms with van der Waals surface area (Å²) < 4.78 is 3.28. The second-order valence-corrected chi connectivity index (χ2v) is 5.86. The summed E-state index contributed by atoms with van der Waals surface area (Å²) in [5.41, 5.74) is 3.19. The van der Waals surface area contributed by atoms with Crippen molar-refractivity contribution < 1.29 is 5.41 Å². The predicted octanol–water partition coefficient (Wildman–Crippen LogP) is 2.28. The summed E-state index contributed by atoms with van der Waals surface area (Å²) in [5, 5.41) is 13.8. The molecule has 0 aliphatic heterocycles. The Morgan fingerprint density at radius 3 is 2.64 bits per heavy atom. The Kier molecular flexibility index (Phi) is 4.02. The Morgan fingerprint density at radius 2 is 1.91 bits per heavy atom. The van der Waals surface area contributed by atoms with Crippen LogP contribution in [0.15, 0.2) is 69.5 Å². The van der Waals surface area contributed by atoms with Gasteiger partial charge in [-0.2, -0.15) is 0 Å². The lowest BCUT2D eigenvalue weighted by Gasteiger charge is -2.06. The van der Waals surface area contributed by atoms with Crippen LogP contribution in [0.2, 0.25) is 0 Å². The minimum atomic E-state index is 0.310. The second kappa shape index (κ2) is 6.11. The van der Waals surface area contributed by atoms with Crippen LogP contribution < -0.4 is 11.3 Å². The minimum Gasteiger partial charge on any atom is -0.343 e. The third kappa shape index (κ3) is 2.92. The molecule has 6 heteroatoms. The quantitative estimate of drug-likeness (QED) is 0.244. The van der Waals surface area contributed by atoms with Crippen molar-refractivity contribution in [1.29, 1.82) is 0 Å². The van der Waals surface area contributed by atoms with E-state index in [0.717, 1.165) is 27.5 Å². The zero-order valence-corrected chi connectivity index (χ0v) is 13.4. The van der Waals surface area contributed by atoms with Gasteiger partial charge in [-0.3, -0.25) is 11.3 Å². The lowest BCUT2D eigenvalue weighted by Crippen LogP contribution is -2.38. The number of nitrogens with zero attached hydrogens (tertiary/aromatic N) is 3. The number of amidine groups is 1. The van der Waals surface area contributed by atoms with Crippen molar-refractivity contribution in [3.8, 4) is 0 Å². The van der Waals surface area contributed by atoms with Gasteiger partial charge in [-0.15, -0.1) is 0 Å². The summed E-state index contributed by atoms with van der Waals surface area (Å²) in [6.45, 7) is 0.817. The van der Waals surface area contributed by atoms with E-state index in [4.69, 9.17) is 11.3 Å². The summed E-state index contributed by atoms with van der Waals surface area (Å²) in [6, 6.07) is 16.3. The van der Waals surface area contributed by atoms with E-state index in [9.17, 15) is 0 Å². The van der Waals surface area contributed by atoms with Crippen molar-refractivity contribution in [2.75, 3.05) is 0 Å². The lowest BCUT2D eigenvalue weighted by molar-refractivity contribution is -0.114. The van der Waals surface area contributed by atoms with Gasteiger partial charge >= 0.3 is 5.84 Å². The van der Waals surface area contributed by atoms with Crippen LogP contribution in [0.25, 0.3) is 10.9 Å². The molecule has 0 aliphatic carbocycles. The van der Waals surface area contributed by atoms with Gasteiger partial charge in [0, 0.05) is 33.3 Å². The topological polar surface area (TPSA) is 81.3 Å². The van der Waals surface area contributed by atoms with E-state index in [1.54, 1.807) is 0 Å². The molecule has 0 radical (unpaired) electrons. The summed E-state index contributed by atoms with van der Waals surface area (Å²) in [4.78, 5) is 0. The molecule has 0 fully saturated rings. The number of rotatable bonds is 3. The molecule has 0 aliphatic rings. The fraction of sp³-hybridized carbons (Fsp3) is 0.0625. The first kappa shape index (κ1) is 14.5. The number of halogens is 1. The number of nitrogens with two attached hydrogens (primary N) is 2. The summed E-state index contributed by atoms with van der Waals surface area (Å²) >= 11 is 3.45. The molecule has 3 aromatic rings. The maximum absolute atomic E-state index is 5.81. The summed E-state index contributed by atoms with van der Waals surface area (Å²) in [6.07, 6.45) is 2.07. The van der Waals surface area contributed by atoms with Crippen molar-refractivity contribution in [2.24, 2.45) is 16.2 Å². The monoisotopic (exact) mass is 356 g/mol. The highest BCUT2D eigenvalue weighted by Gasteiger charge is 2.10. The van der Waals surface area contributed by atoms with Crippen LogP contribution in [-0.4, -0.2) is 10.4 Å². The molecule has 1 heterocycles. The van der Waals surface area contributed by atoms with Crippen LogP contribution >= 0.6 is 15.9 Å². The molecule has 0 spiro atoms. The van der Waals surface area contributed by atoms with Crippen LogP contribution in [0, 0.1) is 0 Å². The fourth-order valence-corrected chi connectivity index (χ4v) is 2.67. The van der Waals surface area contributed by atoms with Crippen LogP contribution in [0.4, 0.5) is 0 Å². The molecule has 0 unspecified atom stereocenters. The zero-order valence-electron chi connectivity index (χ0n) is 11.8. The maximum atomic E-state index is 5.81. The normalized spacial score (nSPS) is 11.3. The first-order chi connectivity index (χ1) is 10.7. The first-order valence-electron chi connectivity index (χ1n) is 6.74. The molecule has 0 bridgehead atoms. The molecular formula is C16H15BrN5+. The van der Waals surface area contributed by atoms with Crippen molar-refractivity contribution in [3.05, 3.63) is 70.3 Å². The van der Waals surface area contributed by atoms with Gasteiger partial charge in [-0.1, -0.05) is 28.1 Å². The third-order valence-electron chi connectivity index (χ3n) is 3.50. The molecule has 22 heavy (non-hydrogen) atoms. The number of fused-ring (bicyclic) bond motifs is 1. The van der Waals surface area contributed by atoms with Gasteiger partial charge in [0.25, 0.3) is 0 Å². The van der Waals surface area contributed by atoms with Crippen LogP contribution in [0.3, 0.4) is 0 Å². The largest absolute Gasteiger partial charge is 0.350 e. The van der Waals surface area contributed by atoms with Gasteiger partial charge < -0.3 is 4.57 Å². The number of hydrogen-bond donors (Lipinski definition) is 2. The summed E-state index contributed by atoms with van der Waals surface area (Å²) in [5.74, 6) is 5.34. The molecule has 2 aromatic carbocycles. The van der Waals surface area contributed by atoms with E-state index in [0.29, 0.717) is 5.84 Å². The van der Waals surface area contributed by atoms with Crippen molar-refractivity contribution >= 4 is 32.7 Å². The average Bonchev–Trinajstić information content (AvgIpc) is 2.92. The van der Waals surface area contributed by atoms with Crippen LogP contribution in [-0.2, 0) is 6.54 Å². The highest BCUT2D eigenvalue weighted by atomic mass is 79.9. The predicted molar refractivity (Wildman–Crippen MR) is 90.3 cm³/mol. The molecule has 5 nitrogen and oxygen atoms in total. The fourth-order valence-electron chi connectivity index (χ4n) is 2.40. The van der Waals surface area contributed by atoms with Crippen molar-refractivity contribution in [3.63, 3.8) is 0 Å². The van der Waals surface area contributed by atoms with E-state index in [1.807, 2.05) is 30.3 Å². The van der Waals surface area contributed by atoms with Gasteiger partial charge in [0.15, 0.2) is 0 Å². The molecule has 0 atom stereocenters. The van der Waals surface area contributed by atoms with Gasteiger partial charge in [0.05, 0.1) is 10.7 Å². The van der Waals surface area contributed by atoms with E-state index in [-0.39, 0.29) is 0 Å². The van der Waals surface area contributed by atoms with Crippen LogP contribution in [0.5, 0.6) is 0 Å². The molecule has 0 saturated carbocycles. The molecule has 3 rings (SSSR count). The molecule has 0 saturated heterocycles. The molecule has 0 amide bonds. The maximum Gasteiger partial charge on any atom is 0.350 e. The minimum absolute atomic E-state index is 0.310. The Balaban J connectivity index is 1.92. The van der Waals surface area contributed by atoms with Crippen molar-refractivity contribution in [1.82, 2.24) is 4.57 Å². The Morgan fingerprint density at radius 1 is 1.14 bits per heavy atom. The van der Waals surface area contributed by atoms with Gasteiger partial charge in [-0.05, 0) is 42.0 Å². The highest BCUT2D eigenvalue weighted by Crippen LogP contribution is 2.20. The Bertz CT molecular complexity index is 849. The molecule has 4 N–H and O–H groups in total. The van der Waals surface area contributed by atoms with E-state index in [2.05, 4.69) is 55.2 Å². The second-order valence-electron chi connectivity index (χ2n) is 4.94. The zero-order chi connectivity index (χ0) is 15.5. The van der Waals surface area contributed by atoms with Gasteiger partial charge in [-0.25, -0.2) is 0 Å². The third-order valence-corrected chi connectivity index (χ3v) is 4.03. The number of benzene rings is 2. The number of hydrogen-bond acceptors (Lipinski definition) is 1. The Hall–Kier alpha value is -2.47. The van der Waals surface area contributed by atoms with E-state index in [1.165, 1.54) is 5.56 Å². The SMILES string of the molecule is NN=NC(=[NH2+])c1ccc2c(ccn2Cc2ccc(Br)cc2)c1.